The fourth-order valence-electron chi connectivity index (χ4n) is 3.65. The Labute approximate surface area is 140 Å². The third-order valence-corrected chi connectivity index (χ3v) is 5.52. The first-order chi connectivity index (χ1) is 10.1. The minimum absolute atomic E-state index is 0.140. The normalized spacial score (nSPS) is 29.3. The lowest BCUT2D eigenvalue weighted by Crippen LogP contribution is -2.45. The number of hydrogen-bond acceptors (Lipinski definition) is 2. The van der Waals surface area contributed by atoms with Crippen LogP contribution in [-0.2, 0) is 4.79 Å². The molecule has 1 aliphatic carbocycles. The largest absolute Gasteiger partial charge is 0.481 e. The Bertz CT molecular complexity index is 550. The summed E-state index contributed by atoms with van der Waals surface area (Å²) >= 11 is 3.47. The summed E-state index contributed by atoms with van der Waals surface area (Å²) in [5, 5.41) is 20.2. The Morgan fingerprint density at radius 3 is 2.64 bits per heavy atom. The first-order valence-corrected chi connectivity index (χ1v) is 8.61. The molecule has 0 saturated heterocycles. The predicted molar refractivity (Wildman–Crippen MR) is 90.9 cm³/mol. The number of aliphatic hydroxyl groups is 1. The fraction of sp³-hybridized carbons (Fsp3) is 0.611. The van der Waals surface area contributed by atoms with E-state index in [1.165, 1.54) is 0 Å². The Morgan fingerprint density at radius 2 is 2.09 bits per heavy atom. The van der Waals surface area contributed by atoms with Gasteiger partial charge in [-0.05, 0) is 48.3 Å². The van der Waals surface area contributed by atoms with Crippen LogP contribution in [0.1, 0.15) is 57.9 Å². The number of carbonyl (C=O) groups is 1. The van der Waals surface area contributed by atoms with Crippen LogP contribution in [0.15, 0.2) is 28.7 Å². The second kappa shape index (κ2) is 6.32. The van der Waals surface area contributed by atoms with Crippen molar-refractivity contribution < 1.29 is 15.0 Å². The van der Waals surface area contributed by atoms with Crippen molar-refractivity contribution in [3.05, 3.63) is 34.3 Å². The zero-order valence-electron chi connectivity index (χ0n) is 13.5. The Balaban J connectivity index is 2.37. The third kappa shape index (κ3) is 3.90. The highest BCUT2D eigenvalue weighted by atomic mass is 79.9. The Kier molecular flexibility index (Phi) is 5.03. The van der Waals surface area contributed by atoms with Crippen molar-refractivity contribution in [3.8, 4) is 0 Å². The maximum absolute atomic E-state index is 11.2. The van der Waals surface area contributed by atoms with Crippen molar-refractivity contribution in [2.24, 2.45) is 11.3 Å². The van der Waals surface area contributed by atoms with Crippen LogP contribution >= 0.6 is 15.9 Å². The molecule has 0 aromatic heterocycles. The molecule has 3 unspecified atom stereocenters. The Morgan fingerprint density at radius 1 is 1.41 bits per heavy atom. The lowest BCUT2D eigenvalue weighted by atomic mass is 9.61. The van der Waals surface area contributed by atoms with E-state index in [4.69, 9.17) is 0 Å². The van der Waals surface area contributed by atoms with Gasteiger partial charge in [-0.1, -0.05) is 48.8 Å². The average molecular weight is 369 g/mol. The van der Waals surface area contributed by atoms with Gasteiger partial charge in [0.15, 0.2) is 0 Å². The highest BCUT2D eigenvalue weighted by Gasteiger charge is 2.46. The van der Waals surface area contributed by atoms with Gasteiger partial charge in [0.25, 0.3) is 0 Å². The molecule has 3 nitrogen and oxygen atoms in total. The van der Waals surface area contributed by atoms with E-state index in [2.05, 4.69) is 36.7 Å². The smallest absolute Gasteiger partial charge is 0.306 e. The molecule has 0 heterocycles. The van der Waals surface area contributed by atoms with Crippen LogP contribution in [0.25, 0.3) is 0 Å². The maximum atomic E-state index is 11.2. The van der Waals surface area contributed by atoms with Gasteiger partial charge in [0, 0.05) is 10.4 Å². The number of hydrogen-bond donors (Lipinski definition) is 2. The molecule has 22 heavy (non-hydrogen) atoms. The van der Waals surface area contributed by atoms with Gasteiger partial charge < -0.3 is 10.2 Å². The zero-order chi connectivity index (χ0) is 16.5. The molecule has 4 heteroatoms. The van der Waals surface area contributed by atoms with Crippen molar-refractivity contribution >= 4 is 21.9 Å². The molecule has 2 N–H and O–H groups in total. The number of benzene rings is 1. The molecule has 1 aromatic carbocycles. The van der Waals surface area contributed by atoms with Crippen molar-refractivity contribution in [1.29, 1.82) is 0 Å². The summed E-state index contributed by atoms with van der Waals surface area (Å²) in [5.74, 6) is -0.596. The second-order valence-corrected chi connectivity index (χ2v) is 8.53. The van der Waals surface area contributed by atoms with Gasteiger partial charge in [-0.2, -0.15) is 0 Å². The predicted octanol–water partition coefficient (Wildman–Crippen LogP) is 4.58. The third-order valence-electron chi connectivity index (χ3n) is 5.03. The van der Waals surface area contributed by atoms with Gasteiger partial charge in [0.2, 0.25) is 0 Å². The van der Waals surface area contributed by atoms with Gasteiger partial charge in [-0.25, -0.2) is 0 Å². The second-order valence-electron chi connectivity index (χ2n) is 7.62. The topological polar surface area (TPSA) is 57.5 Å². The summed E-state index contributed by atoms with van der Waals surface area (Å²) in [6, 6.07) is 7.89. The lowest BCUT2D eigenvalue weighted by molar-refractivity contribution is -0.146. The quantitative estimate of drug-likeness (QED) is 0.820. The van der Waals surface area contributed by atoms with Crippen LogP contribution in [-0.4, -0.2) is 21.8 Å². The van der Waals surface area contributed by atoms with Crippen LogP contribution in [0.2, 0.25) is 0 Å². The first-order valence-electron chi connectivity index (χ1n) is 7.81. The molecule has 0 radical (unpaired) electrons. The van der Waals surface area contributed by atoms with Crippen molar-refractivity contribution in [2.45, 2.75) is 58.0 Å². The van der Waals surface area contributed by atoms with Gasteiger partial charge >= 0.3 is 5.97 Å². The van der Waals surface area contributed by atoms with E-state index < -0.39 is 11.6 Å². The van der Waals surface area contributed by atoms with Gasteiger partial charge in [0.05, 0.1) is 12.0 Å². The van der Waals surface area contributed by atoms with E-state index in [0.717, 1.165) is 22.9 Å². The summed E-state index contributed by atoms with van der Waals surface area (Å²) in [7, 11) is 0. The summed E-state index contributed by atoms with van der Waals surface area (Å²) in [4.78, 5) is 11.2. The standard InChI is InChI=1S/C18H25BrO3/c1-17(2,3)13-7-8-18(22,11-16(20)21)15(10-13)12-5-4-6-14(19)9-12/h4-6,9,13,15,22H,7-8,10-11H2,1-3H3,(H,20,21). The fourth-order valence-corrected chi connectivity index (χ4v) is 4.07. The van der Waals surface area contributed by atoms with E-state index in [9.17, 15) is 15.0 Å². The lowest BCUT2D eigenvalue weighted by Gasteiger charge is -2.46. The van der Waals surface area contributed by atoms with Crippen molar-refractivity contribution in [2.75, 3.05) is 0 Å². The summed E-state index contributed by atoms with van der Waals surface area (Å²) in [6.07, 6.45) is 2.04. The summed E-state index contributed by atoms with van der Waals surface area (Å²) in [6.45, 7) is 6.66. The average Bonchev–Trinajstić information content (AvgIpc) is 2.36. The zero-order valence-corrected chi connectivity index (χ0v) is 15.1. The minimum atomic E-state index is -1.16. The highest BCUT2D eigenvalue weighted by molar-refractivity contribution is 9.10. The number of aliphatic carboxylic acids is 1. The van der Waals surface area contributed by atoms with E-state index in [1.807, 2.05) is 24.3 Å². The number of halogens is 1. The van der Waals surface area contributed by atoms with E-state index >= 15 is 0 Å². The van der Waals surface area contributed by atoms with E-state index in [0.29, 0.717) is 12.3 Å². The summed E-state index contributed by atoms with van der Waals surface area (Å²) in [5.41, 5.74) is 0.0236. The van der Waals surface area contributed by atoms with Gasteiger partial charge in [0.1, 0.15) is 0 Å². The molecule has 0 bridgehead atoms. The summed E-state index contributed by atoms with van der Waals surface area (Å²) < 4.78 is 0.959. The minimum Gasteiger partial charge on any atom is -0.481 e. The van der Waals surface area contributed by atoms with Crippen LogP contribution in [0, 0.1) is 11.3 Å². The number of rotatable bonds is 3. The van der Waals surface area contributed by atoms with Gasteiger partial charge in [-0.3, -0.25) is 4.79 Å². The molecule has 122 valence electrons. The van der Waals surface area contributed by atoms with Crippen LogP contribution in [0.5, 0.6) is 0 Å². The molecule has 1 aliphatic rings. The molecule has 0 aliphatic heterocycles. The SMILES string of the molecule is CC(C)(C)C1CCC(O)(CC(=O)O)C(c2cccc(Br)c2)C1. The molecule has 1 aromatic rings. The molecule has 1 fully saturated rings. The highest BCUT2D eigenvalue weighted by Crippen LogP contribution is 2.50. The molecular weight excluding hydrogens is 344 g/mol. The van der Waals surface area contributed by atoms with Crippen LogP contribution in [0.4, 0.5) is 0 Å². The van der Waals surface area contributed by atoms with Crippen molar-refractivity contribution in [3.63, 3.8) is 0 Å². The van der Waals surface area contributed by atoms with Crippen LogP contribution in [0.3, 0.4) is 0 Å². The van der Waals surface area contributed by atoms with Crippen molar-refractivity contribution in [1.82, 2.24) is 0 Å². The molecule has 3 atom stereocenters. The maximum Gasteiger partial charge on any atom is 0.306 e. The monoisotopic (exact) mass is 368 g/mol. The van der Waals surface area contributed by atoms with E-state index in [1.54, 1.807) is 0 Å². The first kappa shape index (κ1) is 17.5. The van der Waals surface area contributed by atoms with E-state index in [-0.39, 0.29) is 17.8 Å². The molecule has 0 spiro atoms. The molecular formula is C18H25BrO3. The Hall–Kier alpha value is -0.870. The van der Waals surface area contributed by atoms with Crippen LogP contribution < -0.4 is 0 Å². The molecule has 2 rings (SSSR count). The number of carboxylic acids is 1. The van der Waals surface area contributed by atoms with Gasteiger partial charge in [-0.15, -0.1) is 0 Å². The molecule has 1 saturated carbocycles. The molecule has 0 amide bonds. The number of carboxylic acid groups (broad SMARTS) is 1.